The number of aryl methyl sites for hydroxylation is 1. The Morgan fingerprint density at radius 2 is 1.93 bits per heavy atom. The van der Waals surface area contributed by atoms with Crippen molar-refractivity contribution in [2.75, 3.05) is 17.2 Å². The van der Waals surface area contributed by atoms with E-state index < -0.39 is 0 Å². The summed E-state index contributed by atoms with van der Waals surface area (Å²) in [6.07, 6.45) is 0. The number of hydrogen-bond donors (Lipinski definition) is 2. The van der Waals surface area contributed by atoms with E-state index in [0.717, 1.165) is 34.1 Å². The third-order valence-corrected chi connectivity index (χ3v) is 4.48. The minimum absolute atomic E-state index is 0.254. The first-order valence-electron chi connectivity index (χ1n) is 9.06. The van der Waals surface area contributed by atoms with Crippen LogP contribution < -0.4 is 15.4 Å². The maximum atomic E-state index is 13.4. The monoisotopic (exact) mass is 398 g/mol. The maximum Gasteiger partial charge on any atom is 0.175 e. The molecular formula is C21H23FN4OS. The van der Waals surface area contributed by atoms with Gasteiger partial charge in [0.1, 0.15) is 11.6 Å². The van der Waals surface area contributed by atoms with Gasteiger partial charge in [0, 0.05) is 0 Å². The minimum Gasteiger partial charge on any atom is -0.492 e. The van der Waals surface area contributed by atoms with E-state index in [1.54, 1.807) is 6.07 Å². The summed E-state index contributed by atoms with van der Waals surface area (Å²) in [6, 6.07) is 14.2. The smallest absolute Gasteiger partial charge is 0.175 e. The van der Waals surface area contributed by atoms with Crippen molar-refractivity contribution in [3.8, 4) is 5.75 Å². The summed E-state index contributed by atoms with van der Waals surface area (Å²) in [5, 5.41) is 11.4. The fourth-order valence-electron chi connectivity index (χ4n) is 2.96. The molecule has 7 heteroatoms. The fourth-order valence-corrected chi connectivity index (χ4v) is 3.17. The van der Waals surface area contributed by atoms with Crippen LogP contribution in [-0.4, -0.2) is 21.5 Å². The lowest BCUT2D eigenvalue weighted by Gasteiger charge is -2.14. The van der Waals surface area contributed by atoms with E-state index in [4.69, 9.17) is 17.0 Å². The molecule has 0 fully saturated rings. The Hall–Kier alpha value is -2.93. The zero-order valence-electron chi connectivity index (χ0n) is 16.1. The van der Waals surface area contributed by atoms with Crippen LogP contribution in [0.3, 0.4) is 0 Å². The predicted molar refractivity (Wildman–Crippen MR) is 115 cm³/mol. The van der Waals surface area contributed by atoms with Crippen LogP contribution in [0.4, 0.5) is 15.8 Å². The van der Waals surface area contributed by atoms with E-state index in [-0.39, 0.29) is 5.82 Å². The number of benzene rings is 2. The van der Waals surface area contributed by atoms with Crippen molar-refractivity contribution in [1.29, 1.82) is 0 Å². The van der Waals surface area contributed by atoms with E-state index in [1.165, 1.54) is 12.1 Å². The number of nitrogens with one attached hydrogen (secondary N) is 2. The molecule has 2 aromatic carbocycles. The third kappa shape index (κ3) is 4.67. The molecule has 1 heterocycles. The van der Waals surface area contributed by atoms with Gasteiger partial charge in [0.2, 0.25) is 0 Å². The first-order valence-corrected chi connectivity index (χ1v) is 9.47. The lowest BCUT2D eigenvalue weighted by atomic mass is 10.2. The van der Waals surface area contributed by atoms with Crippen molar-refractivity contribution in [1.82, 2.24) is 9.78 Å². The Bertz CT molecular complexity index is 986. The Labute approximate surface area is 169 Å². The van der Waals surface area contributed by atoms with E-state index in [0.29, 0.717) is 18.3 Å². The van der Waals surface area contributed by atoms with Crippen LogP contribution in [-0.2, 0) is 6.54 Å². The molecule has 1 aromatic heterocycles. The van der Waals surface area contributed by atoms with Gasteiger partial charge in [-0.2, -0.15) is 5.10 Å². The second-order valence-electron chi connectivity index (χ2n) is 6.34. The van der Waals surface area contributed by atoms with Crippen LogP contribution in [0.1, 0.15) is 23.9 Å². The van der Waals surface area contributed by atoms with E-state index in [1.807, 2.05) is 55.8 Å². The van der Waals surface area contributed by atoms with Crippen molar-refractivity contribution < 1.29 is 9.13 Å². The number of para-hydroxylation sites is 2. The summed E-state index contributed by atoms with van der Waals surface area (Å²) in [7, 11) is 0. The van der Waals surface area contributed by atoms with Gasteiger partial charge in [0.05, 0.1) is 35.9 Å². The molecule has 0 saturated heterocycles. The first kappa shape index (κ1) is 19.8. The number of hydrogen-bond acceptors (Lipinski definition) is 3. The lowest BCUT2D eigenvalue weighted by molar-refractivity contribution is 0.342. The van der Waals surface area contributed by atoms with Gasteiger partial charge < -0.3 is 15.4 Å². The fraction of sp³-hybridized carbons (Fsp3) is 0.238. The molecule has 3 rings (SSSR count). The number of nitrogens with zero attached hydrogens (tertiary/aromatic N) is 2. The minimum atomic E-state index is -0.254. The SMILES string of the molecule is CCOc1ccccc1NC(=S)Nc1c(C)nn(Cc2cccc(F)c2)c1C. The molecule has 0 unspecified atom stereocenters. The standard InChI is InChI=1S/C21H23FN4OS/c1-4-27-19-11-6-5-10-18(19)23-21(28)24-20-14(2)25-26(15(20)3)13-16-8-7-9-17(22)12-16/h5-12H,4,13H2,1-3H3,(H2,23,24,28). The van der Waals surface area contributed by atoms with Gasteiger partial charge in [-0.05, 0) is 62.8 Å². The highest BCUT2D eigenvalue weighted by Crippen LogP contribution is 2.25. The molecule has 0 atom stereocenters. The Balaban J connectivity index is 1.74. The van der Waals surface area contributed by atoms with Crippen LogP contribution in [0.25, 0.3) is 0 Å². The van der Waals surface area contributed by atoms with E-state index in [2.05, 4.69) is 15.7 Å². The van der Waals surface area contributed by atoms with Crippen molar-refractivity contribution >= 4 is 28.7 Å². The van der Waals surface area contributed by atoms with Crippen LogP contribution in [0, 0.1) is 19.7 Å². The summed E-state index contributed by atoms with van der Waals surface area (Å²) in [5.74, 6) is 0.486. The van der Waals surface area contributed by atoms with Crippen LogP contribution in [0.2, 0.25) is 0 Å². The van der Waals surface area contributed by atoms with Crippen LogP contribution in [0.5, 0.6) is 5.75 Å². The molecule has 0 bridgehead atoms. The van der Waals surface area contributed by atoms with Crippen molar-refractivity contribution in [2.24, 2.45) is 0 Å². The van der Waals surface area contributed by atoms with E-state index in [9.17, 15) is 4.39 Å². The zero-order chi connectivity index (χ0) is 20.1. The molecule has 0 radical (unpaired) electrons. The van der Waals surface area contributed by atoms with Crippen molar-refractivity contribution in [2.45, 2.75) is 27.3 Å². The summed E-state index contributed by atoms with van der Waals surface area (Å²) >= 11 is 5.47. The maximum absolute atomic E-state index is 13.4. The quantitative estimate of drug-likeness (QED) is 0.579. The molecule has 3 aromatic rings. The van der Waals surface area contributed by atoms with Gasteiger partial charge in [0.25, 0.3) is 0 Å². The van der Waals surface area contributed by atoms with Gasteiger partial charge in [-0.15, -0.1) is 0 Å². The average Bonchev–Trinajstić information content (AvgIpc) is 2.91. The third-order valence-electron chi connectivity index (χ3n) is 4.28. The number of rotatable bonds is 6. The number of halogens is 1. The van der Waals surface area contributed by atoms with Gasteiger partial charge >= 0.3 is 0 Å². The number of anilines is 2. The predicted octanol–water partition coefficient (Wildman–Crippen LogP) is 4.89. The molecule has 0 amide bonds. The molecule has 2 N–H and O–H groups in total. The number of aromatic nitrogens is 2. The normalized spacial score (nSPS) is 10.6. The summed E-state index contributed by atoms with van der Waals surface area (Å²) in [4.78, 5) is 0. The molecule has 0 saturated carbocycles. The van der Waals surface area contributed by atoms with Crippen LogP contribution in [0.15, 0.2) is 48.5 Å². The second kappa shape index (κ2) is 8.84. The Kier molecular flexibility index (Phi) is 6.26. The van der Waals surface area contributed by atoms with Crippen LogP contribution >= 0.6 is 12.2 Å². The van der Waals surface area contributed by atoms with Gasteiger partial charge in [-0.1, -0.05) is 24.3 Å². The summed E-state index contributed by atoms with van der Waals surface area (Å²) in [6.45, 7) is 6.86. The van der Waals surface area contributed by atoms with Crippen molar-refractivity contribution in [3.63, 3.8) is 0 Å². The topological polar surface area (TPSA) is 51.1 Å². The van der Waals surface area contributed by atoms with Gasteiger partial charge in [0.15, 0.2) is 5.11 Å². The van der Waals surface area contributed by atoms with E-state index >= 15 is 0 Å². The van der Waals surface area contributed by atoms with Gasteiger partial charge in [-0.25, -0.2) is 4.39 Å². The molecular weight excluding hydrogens is 375 g/mol. The molecule has 0 aliphatic rings. The number of thiocarbonyl (C=S) groups is 1. The molecule has 0 spiro atoms. The first-order chi connectivity index (χ1) is 13.5. The molecule has 0 aliphatic heterocycles. The highest BCUT2D eigenvalue weighted by molar-refractivity contribution is 7.80. The Morgan fingerprint density at radius 1 is 1.14 bits per heavy atom. The summed E-state index contributed by atoms with van der Waals surface area (Å²) in [5.41, 5.74) is 4.22. The molecule has 146 valence electrons. The highest BCUT2D eigenvalue weighted by atomic mass is 32.1. The number of ether oxygens (including phenoxy) is 1. The Morgan fingerprint density at radius 3 is 2.68 bits per heavy atom. The zero-order valence-corrected chi connectivity index (χ0v) is 16.9. The van der Waals surface area contributed by atoms with Gasteiger partial charge in [-0.3, -0.25) is 4.68 Å². The largest absolute Gasteiger partial charge is 0.492 e. The summed E-state index contributed by atoms with van der Waals surface area (Å²) < 4.78 is 20.9. The molecule has 5 nitrogen and oxygen atoms in total. The van der Waals surface area contributed by atoms with Crippen molar-refractivity contribution in [3.05, 3.63) is 71.3 Å². The lowest BCUT2D eigenvalue weighted by Crippen LogP contribution is -2.20. The molecule has 0 aliphatic carbocycles. The average molecular weight is 399 g/mol. The second-order valence-corrected chi connectivity index (χ2v) is 6.75. The molecule has 28 heavy (non-hydrogen) atoms. The highest BCUT2D eigenvalue weighted by Gasteiger charge is 2.14.